The predicted molar refractivity (Wildman–Crippen MR) is 128 cm³/mol. The first kappa shape index (κ1) is 24.4. The van der Waals surface area contributed by atoms with Gasteiger partial charge in [-0.05, 0) is 64.4 Å². The summed E-state index contributed by atoms with van der Waals surface area (Å²) < 4.78 is 11.7. The number of benzene rings is 2. The zero-order valence-electron chi connectivity index (χ0n) is 20.0. The van der Waals surface area contributed by atoms with Gasteiger partial charge >= 0.3 is 0 Å². The summed E-state index contributed by atoms with van der Waals surface area (Å²) in [7, 11) is 0. The third kappa shape index (κ3) is 5.38. The van der Waals surface area contributed by atoms with Crippen molar-refractivity contribution in [1.82, 2.24) is 4.90 Å². The number of hydrogen-bond acceptors (Lipinski definition) is 5. The lowest BCUT2D eigenvalue weighted by molar-refractivity contribution is -0.139. The van der Waals surface area contributed by atoms with E-state index in [9.17, 15) is 14.7 Å². The smallest absolute Gasteiger partial charge is 0.295 e. The van der Waals surface area contributed by atoms with Crippen LogP contribution in [0.15, 0.2) is 54.1 Å². The lowest BCUT2D eigenvalue weighted by atomic mass is 9.94. The maximum Gasteiger partial charge on any atom is 0.295 e. The quantitative estimate of drug-likeness (QED) is 0.310. The Morgan fingerprint density at radius 1 is 0.970 bits per heavy atom. The lowest BCUT2D eigenvalue weighted by Crippen LogP contribution is -2.31. The molecule has 176 valence electrons. The number of amides is 1. The van der Waals surface area contributed by atoms with E-state index in [-0.39, 0.29) is 23.5 Å². The van der Waals surface area contributed by atoms with Crippen LogP contribution in [0.2, 0.25) is 0 Å². The van der Waals surface area contributed by atoms with Crippen molar-refractivity contribution in [1.29, 1.82) is 0 Å². The molecule has 2 aromatic rings. The Labute approximate surface area is 195 Å². The van der Waals surface area contributed by atoms with E-state index in [4.69, 9.17) is 9.47 Å². The minimum Gasteiger partial charge on any atom is -0.507 e. The Balaban J connectivity index is 2.13. The minimum absolute atomic E-state index is 0.0193. The number of carbonyl (C=O) groups excluding carboxylic acids is 2. The Morgan fingerprint density at radius 3 is 2.21 bits per heavy atom. The number of ether oxygens (including phenoxy) is 2. The fourth-order valence-corrected chi connectivity index (χ4v) is 3.95. The summed E-state index contributed by atoms with van der Waals surface area (Å²) in [5.74, 6) is -0.234. The van der Waals surface area contributed by atoms with Crippen LogP contribution < -0.4 is 9.47 Å². The number of nitrogens with zero attached hydrogens (tertiary/aromatic N) is 1. The molecule has 6 heteroatoms. The van der Waals surface area contributed by atoms with Crippen LogP contribution in [0.3, 0.4) is 0 Å². The van der Waals surface area contributed by atoms with Gasteiger partial charge in [0.05, 0.1) is 23.8 Å². The molecule has 0 aliphatic carbocycles. The topological polar surface area (TPSA) is 76.1 Å². The normalized spacial score (nSPS) is 17.8. The third-order valence-electron chi connectivity index (χ3n) is 5.37. The number of unbranched alkanes of at least 4 members (excludes halogenated alkanes) is 1. The highest BCUT2D eigenvalue weighted by Crippen LogP contribution is 2.43. The zero-order valence-corrected chi connectivity index (χ0v) is 20.0. The van der Waals surface area contributed by atoms with E-state index in [1.54, 1.807) is 29.2 Å². The van der Waals surface area contributed by atoms with Gasteiger partial charge in [0.2, 0.25) is 0 Å². The summed E-state index contributed by atoms with van der Waals surface area (Å²) in [5.41, 5.74) is 1.21. The number of carbonyl (C=O) groups is 2. The number of Topliss-reactive ketones (excluding diaryl/α,β-unsaturated/α-hetero) is 1. The van der Waals surface area contributed by atoms with Gasteiger partial charge in [-0.15, -0.1) is 0 Å². The highest BCUT2D eigenvalue weighted by Gasteiger charge is 2.46. The molecule has 1 saturated heterocycles. The van der Waals surface area contributed by atoms with Gasteiger partial charge in [-0.1, -0.05) is 31.5 Å². The Hall–Kier alpha value is -3.28. The van der Waals surface area contributed by atoms with Crippen LogP contribution in [0.5, 0.6) is 11.5 Å². The molecule has 1 heterocycles. The first-order valence-corrected chi connectivity index (χ1v) is 11.6. The van der Waals surface area contributed by atoms with Gasteiger partial charge in [-0.25, -0.2) is 0 Å². The van der Waals surface area contributed by atoms with Crippen LogP contribution in [0.1, 0.15) is 64.6 Å². The number of aliphatic hydroxyl groups excluding tert-OH is 1. The van der Waals surface area contributed by atoms with E-state index >= 15 is 0 Å². The molecule has 3 rings (SSSR count). The lowest BCUT2D eigenvalue weighted by Gasteiger charge is -2.27. The number of para-hydroxylation sites is 1. The van der Waals surface area contributed by atoms with Crippen molar-refractivity contribution in [3.05, 3.63) is 65.2 Å². The van der Waals surface area contributed by atoms with Crippen molar-refractivity contribution in [3.8, 4) is 11.5 Å². The van der Waals surface area contributed by atoms with E-state index in [0.29, 0.717) is 29.2 Å². The molecule has 1 unspecified atom stereocenters. The summed E-state index contributed by atoms with van der Waals surface area (Å²) in [4.78, 5) is 27.7. The molecule has 1 atom stereocenters. The number of rotatable bonds is 9. The van der Waals surface area contributed by atoms with Crippen LogP contribution in [0.25, 0.3) is 5.76 Å². The van der Waals surface area contributed by atoms with Crippen molar-refractivity contribution in [2.45, 2.75) is 65.7 Å². The molecule has 1 amide bonds. The molecule has 0 aromatic heterocycles. The van der Waals surface area contributed by atoms with Crippen molar-refractivity contribution in [2.24, 2.45) is 0 Å². The second-order valence-corrected chi connectivity index (χ2v) is 8.74. The van der Waals surface area contributed by atoms with E-state index in [2.05, 4.69) is 0 Å². The first-order chi connectivity index (χ1) is 15.7. The van der Waals surface area contributed by atoms with Crippen molar-refractivity contribution in [2.75, 3.05) is 6.54 Å². The fourth-order valence-electron chi connectivity index (χ4n) is 3.95. The second kappa shape index (κ2) is 10.6. The van der Waals surface area contributed by atoms with Crippen molar-refractivity contribution < 1.29 is 24.2 Å². The van der Waals surface area contributed by atoms with Crippen molar-refractivity contribution >= 4 is 17.4 Å². The summed E-state index contributed by atoms with van der Waals surface area (Å²) in [5, 5.41) is 11.2. The first-order valence-electron chi connectivity index (χ1n) is 11.6. The summed E-state index contributed by atoms with van der Waals surface area (Å²) in [6, 6.07) is 13.5. The molecule has 1 aliphatic heterocycles. The molecule has 2 aromatic carbocycles. The Bertz CT molecular complexity index is 1020. The molecular weight excluding hydrogens is 418 g/mol. The van der Waals surface area contributed by atoms with Crippen LogP contribution in [0.4, 0.5) is 0 Å². The van der Waals surface area contributed by atoms with Crippen LogP contribution in [0, 0.1) is 0 Å². The van der Waals surface area contributed by atoms with Crippen LogP contribution >= 0.6 is 0 Å². The zero-order chi connectivity index (χ0) is 24.1. The maximum atomic E-state index is 13.1. The molecule has 1 N–H and O–H groups in total. The monoisotopic (exact) mass is 451 g/mol. The van der Waals surface area contributed by atoms with Gasteiger partial charge in [0.25, 0.3) is 11.7 Å². The number of ketones is 1. The summed E-state index contributed by atoms with van der Waals surface area (Å²) in [6.45, 7) is 10.2. The summed E-state index contributed by atoms with van der Waals surface area (Å²) >= 11 is 0. The number of hydrogen-bond donors (Lipinski definition) is 1. The van der Waals surface area contributed by atoms with Gasteiger partial charge in [-0.3, -0.25) is 9.59 Å². The molecular formula is C27H33NO5. The average Bonchev–Trinajstić information content (AvgIpc) is 3.02. The van der Waals surface area contributed by atoms with E-state index in [1.807, 2.05) is 58.9 Å². The van der Waals surface area contributed by atoms with Crippen LogP contribution in [-0.2, 0) is 9.59 Å². The molecule has 1 aliphatic rings. The third-order valence-corrected chi connectivity index (χ3v) is 5.37. The average molecular weight is 452 g/mol. The van der Waals surface area contributed by atoms with Gasteiger partial charge in [0.1, 0.15) is 17.3 Å². The van der Waals surface area contributed by atoms with Gasteiger partial charge in [-0.2, -0.15) is 0 Å². The van der Waals surface area contributed by atoms with Gasteiger partial charge < -0.3 is 19.5 Å². The minimum atomic E-state index is -0.724. The van der Waals surface area contributed by atoms with E-state index < -0.39 is 17.7 Å². The molecule has 1 fully saturated rings. The molecule has 0 saturated carbocycles. The Kier molecular flexibility index (Phi) is 7.79. The molecule has 6 nitrogen and oxygen atoms in total. The Morgan fingerprint density at radius 2 is 1.61 bits per heavy atom. The van der Waals surface area contributed by atoms with E-state index in [1.165, 1.54) is 0 Å². The summed E-state index contributed by atoms with van der Waals surface area (Å²) in [6.07, 6.45) is 1.55. The SMILES string of the molecule is CCCCN1C(=O)C(=O)/C(=C(\O)c2ccc(OC(C)C)cc2)C1c1ccccc1OC(C)C. The van der Waals surface area contributed by atoms with Crippen molar-refractivity contribution in [3.63, 3.8) is 0 Å². The molecule has 33 heavy (non-hydrogen) atoms. The fraction of sp³-hybridized carbons (Fsp3) is 0.407. The van der Waals surface area contributed by atoms with E-state index in [0.717, 1.165) is 12.8 Å². The second-order valence-electron chi connectivity index (χ2n) is 8.74. The van der Waals surface area contributed by atoms with Gasteiger partial charge in [0.15, 0.2) is 0 Å². The highest BCUT2D eigenvalue weighted by molar-refractivity contribution is 6.46. The molecule has 0 spiro atoms. The molecule has 0 bridgehead atoms. The maximum absolute atomic E-state index is 13.1. The standard InChI is InChI=1S/C27H33NO5/c1-6-7-16-28-24(21-10-8-9-11-22(21)33-18(4)5)23(26(30)27(28)31)25(29)19-12-14-20(15-13-19)32-17(2)3/h8-15,17-18,24,29H,6-7,16H2,1-5H3/b25-23-. The van der Waals surface area contributed by atoms with Crippen LogP contribution in [-0.4, -0.2) is 40.4 Å². The highest BCUT2D eigenvalue weighted by atomic mass is 16.5. The number of aliphatic hydroxyl groups is 1. The number of likely N-dealkylation sites (tertiary alicyclic amines) is 1. The largest absolute Gasteiger partial charge is 0.507 e. The molecule has 0 radical (unpaired) electrons. The van der Waals surface area contributed by atoms with Gasteiger partial charge in [0, 0.05) is 17.7 Å². The predicted octanol–water partition coefficient (Wildman–Crippen LogP) is 5.48.